The van der Waals surface area contributed by atoms with Crippen molar-refractivity contribution in [2.75, 3.05) is 31.1 Å². The predicted octanol–water partition coefficient (Wildman–Crippen LogP) is 4.69. The number of nitrogens with zero attached hydrogens (tertiary/aromatic N) is 4. The van der Waals surface area contributed by atoms with Gasteiger partial charge in [0.2, 0.25) is 0 Å². The highest BCUT2D eigenvalue weighted by atomic mass is 19.1. The summed E-state index contributed by atoms with van der Waals surface area (Å²) in [4.78, 5) is 16.5. The fraction of sp³-hybridized carbons (Fsp3) is 0.222. The second-order valence-electron chi connectivity index (χ2n) is 8.45. The third-order valence-electron chi connectivity index (χ3n) is 6.18. The van der Waals surface area contributed by atoms with Crippen molar-refractivity contribution in [2.24, 2.45) is 0 Å². The van der Waals surface area contributed by atoms with Gasteiger partial charge in [-0.25, -0.2) is 8.78 Å². The van der Waals surface area contributed by atoms with Gasteiger partial charge in [-0.05, 0) is 42.0 Å². The lowest BCUT2D eigenvalue weighted by Crippen LogP contribution is -2.52. The van der Waals surface area contributed by atoms with Crippen LogP contribution in [0.1, 0.15) is 6.92 Å². The van der Waals surface area contributed by atoms with E-state index < -0.39 is 17.7 Å². The van der Waals surface area contributed by atoms with Gasteiger partial charge in [0.05, 0.1) is 5.69 Å². The minimum atomic E-state index is -0.888. The predicted molar refractivity (Wildman–Crippen MR) is 130 cm³/mol. The van der Waals surface area contributed by atoms with Crippen molar-refractivity contribution in [2.45, 2.75) is 13.0 Å². The van der Waals surface area contributed by atoms with Crippen molar-refractivity contribution in [3.05, 3.63) is 84.4 Å². The van der Waals surface area contributed by atoms with E-state index in [9.17, 15) is 13.6 Å². The molecular weight excluding hydrogens is 450 g/mol. The number of anilines is 1. The molecule has 1 saturated heterocycles. The van der Waals surface area contributed by atoms with Gasteiger partial charge in [-0.2, -0.15) is 0 Å². The maximum Gasteiger partial charge on any atom is 0.263 e. The molecule has 1 aliphatic rings. The molecule has 1 aliphatic heterocycles. The molecule has 1 unspecified atom stereocenters. The van der Waals surface area contributed by atoms with E-state index in [-0.39, 0.29) is 11.7 Å². The Labute approximate surface area is 201 Å². The van der Waals surface area contributed by atoms with Gasteiger partial charge in [0.1, 0.15) is 5.82 Å². The van der Waals surface area contributed by atoms with E-state index in [1.54, 1.807) is 11.8 Å². The van der Waals surface area contributed by atoms with Crippen molar-refractivity contribution in [3.63, 3.8) is 0 Å². The Morgan fingerprint density at radius 1 is 0.914 bits per heavy atom. The Bertz CT molecular complexity index is 1350. The van der Waals surface area contributed by atoms with Crippen LogP contribution >= 0.6 is 0 Å². The molecule has 0 N–H and O–H groups in total. The van der Waals surface area contributed by atoms with Crippen LogP contribution < -0.4 is 9.64 Å². The number of rotatable bonds is 5. The number of aromatic nitrogens is 2. The summed E-state index contributed by atoms with van der Waals surface area (Å²) in [6.07, 6.45) is -0.888. The summed E-state index contributed by atoms with van der Waals surface area (Å²) in [6.45, 7) is 3.70. The topological polar surface area (TPSA) is 58.6 Å². The zero-order valence-electron chi connectivity index (χ0n) is 19.2. The molecule has 6 nitrogen and oxygen atoms in total. The first kappa shape index (κ1) is 22.7. The van der Waals surface area contributed by atoms with E-state index in [0.29, 0.717) is 26.2 Å². The number of piperazine rings is 1. The summed E-state index contributed by atoms with van der Waals surface area (Å²) in [5.41, 5.74) is 1.84. The molecule has 5 rings (SSSR count). The molecular formula is C27H24F2N4O2. The van der Waals surface area contributed by atoms with Gasteiger partial charge in [-0.3, -0.25) is 4.79 Å². The molecule has 1 fully saturated rings. The van der Waals surface area contributed by atoms with E-state index in [1.807, 2.05) is 36.4 Å². The number of hydrogen-bond donors (Lipinski definition) is 0. The molecule has 2 heterocycles. The fourth-order valence-electron chi connectivity index (χ4n) is 4.31. The summed E-state index contributed by atoms with van der Waals surface area (Å²) < 4.78 is 32.4. The SMILES string of the molecule is CC(Oc1ccc(F)cc1F)C(=O)N1CCN(c2ccc(-c3cccc4ccccc34)nn2)CC1. The first-order valence-corrected chi connectivity index (χ1v) is 11.5. The zero-order chi connectivity index (χ0) is 24.4. The van der Waals surface area contributed by atoms with Crippen LogP contribution in [0.2, 0.25) is 0 Å². The van der Waals surface area contributed by atoms with Crippen molar-refractivity contribution >= 4 is 22.5 Å². The Hall–Kier alpha value is -4.07. The van der Waals surface area contributed by atoms with E-state index in [2.05, 4.69) is 33.3 Å². The maximum absolute atomic E-state index is 13.9. The lowest BCUT2D eigenvalue weighted by molar-refractivity contribution is -0.138. The van der Waals surface area contributed by atoms with Gasteiger partial charge in [0, 0.05) is 37.8 Å². The molecule has 0 spiro atoms. The average molecular weight is 475 g/mol. The Morgan fingerprint density at radius 3 is 2.43 bits per heavy atom. The standard InChI is InChI=1S/C27H24F2N4O2/c1-18(35-25-11-9-20(28)17-23(25)29)27(34)33-15-13-32(14-16-33)26-12-10-24(30-31-26)22-8-4-6-19-5-2-3-7-21(19)22/h2-12,17-18H,13-16H2,1H3. The molecule has 0 bridgehead atoms. The van der Waals surface area contributed by atoms with Gasteiger partial charge in [0.15, 0.2) is 23.5 Å². The van der Waals surface area contributed by atoms with Gasteiger partial charge in [-0.1, -0.05) is 42.5 Å². The third kappa shape index (κ3) is 4.77. The highest BCUT2D eigenvalue weighted by Gasteiger charge is 2.27. The summed E-state index contributed by atoms with van der Waals surface area (Å²) in [7, 11) is 0. The van der Waals surface area contributed by atoms with Crippen LogP contribution in [0.3, 0.4) is 0 Å². The van der Waals surface area contributed by atoms with Crippen molar-refractivity contribution in [1.29, 1.82) is 0 Å². The monoisotopic (exact) mass is 474 g/mol. The largest absolute Gasteiger partial charge is 0.478 e. The van der Waals surface area contributed by atoms with Crippen LogP contribution in [-0.2, 0) is 4.79 Å². The van der Waals surface area contributed by atoms with Crippen LogP contribution in [-0.4, -0.2) is 53.3 Å². The summed E-state index contributed by atoms with van der Waals surface area (Å²) in [5.74, 6) is -1.17. The number of benzene rings is 3. The lowest BCUT2D eigenvalue weighted by atomic mass is 10.0. The fourth-order valence-corrected chi connectivity index (χ4v) is 4.31. The molecule has 1 aromatic heterocycles. The molecule has 0 aliphatic carbocycles. The van der Waals surface area contributed by atoms with E-state index in [4.69, 9.17) is 4.74 Å². The van der Waals surface area contributed by atoms with Gasteiger partial charge < -0.3 is 14.5 Å². The van der Waals surface area contributed by atoms with Gasteiger partial charge in [-0.15, -0.1) is 10.2 Å². The minimum Gasteiger partial charge on any atom is -0.478 e. The molecule has 1 atom stereocenters. The molecule has 178 valence electrons. The van der Waals surface area contributed by atoms with Crippen LogP contribution in [0, 0.1) is 11.6 Å². The number of carbonyl (C=O) groups excluding carboxylic acids is 1. The molecule has 1 amide bonds. The highest BCUT2D eigenvalue weighted by molar-refractivity contribution is 5.95. The van der Waals surface area contributed by atoms with Crippen LogP contribution in [0.5, 0.6) is 5.75 Å². The average Bonchev–Trinajstić information content (AvgIpc) is 2.90. The van der Waals surface area contributed by atoms with Gasteiger partial charge in [0.25, 0.3) is 5.91 Å². The van der Waals surface area contributed by atoms with Crippen LogP contribution in [0.15, 0.2) is 72.8 Å². The maximum atomic E-state index is 13.9. The number of halogens is 2. The highest BCUT2D eigenvalue weighted by Crippen LogP contribution is 2.28. The number of ether oxygens (including phenoxy) is 1. The number of hydrogen-bond acceptors (Lipinski definition) is 5. The minimum absolute atomic E-state index is 0.146. The number of amides is 1. The first-order valence-electron chi connectivity index (χ1n) is 11.5. The summed E-state index contributed by atoms with van der Waals surface area (Å²) in [6, 6.07) is 21.2. The van der Waals surface area contributed by atoms with Crippen molar-refractivity contribution < 1.29 is 18.3 Å². The summed E-state index contributed by atoms with van der Waals surface area (Å²) >= 11 is 0. The zero-order valence-corrected chi connectivity index (χ0v) is 19.2. The molecule has 0 radical (unpaired) electrons. The second kappa shape index (κ2) is 9.66. The normalized spacial score (nSPS) is 14.7. The molecule has 3 aromatic carbocycles. The molecule has 8 heteroatoms. The first-order chi connectivity index (χ1) is 17.0. The van der Waals surface area contributed by atoms with Crippen molar-refractivity contribution in [3.8, 4) is 17.0 Å². The smallest absolute Gasteiger partial charge is 0.263 e. The Kier molecular flexibility index (Phi) is 6.27. The Morgan fingerprint density at radius 2 is 1.69 bits per heavy atom. The van der Waals surface area contributed by atoms with E-state index in [0.717, 1.165) is 40.0 Å². The van der Waals surface area contributed by atoms with Crippen LogP contribution in [0.25, 0.3) is 22.0 Å². The van der Waals surface area contributed by atoms with Crippen molar-refractivity contribution in [1.82, 2.24) is 15.1 Å². The lowest BCUT2D eigenvalue weighted by Gasteiger charge is -2.36. The van der Waals surface area contributed by atoms with Crippen LogP contribution in [0.4, 0.5) is 14.6 Å². The number of carbonyl (C=O) groups is 1. The molecule has 4 aromatic rings. The Balaban J connectivity index is 1.21. The van der Waals surface area contributed by atoms with E-state index >= 15 is 0 Å². The van der Waals surface area contributed by atoms with Gasteiger partial charge >= 0.3 is 0 Å². The quantitative estimate of drug-likeness (QED) is 0.420. The summed E-state index contributed by atoms with van der Waals surface area (Å²) in [5, 5.41) is 11.2. The molecule has 35 heavy (non-hydrogen) atoms. The third-order valence-corrected chi connectivity index (χ3v) is 6.18. The molecule has 0 saturated carbocycles. The van der Waals surface area contributed by atoms with E-state index in [1.165, 1.54) is 6.07 Å². The number of fused-ring (bicyclic) bond motifs is 1. The second-order valence-corrected chi connectivity index (χ2v) is 8.45.